The Balaban J connectivity index is 4.30. The normalized spacial score (nSPS) is 23.8. The molecule has 0 aliphatic rings. The van der Waals surface area contributed by atoms with Crippen molar-refractivity contribution in [2.75, 3.05) is 0 Å². The van der Waals surface area contributed by atoms with Gasteiger partial charge in [0.1, 0.15) is 0 Å². The SMILES string of the molecule is O=S(OS(=O)(O)=S)OS(=O)(O)=S. The highest BCUT2D eigenvalue weighted by molar-refractivity contribution is 8.31. The van der Waals surface area contributed by atoms with Gasteiger partial charge in [-0.25, -0.2) is 0 Å². The molecule has 12 heteroatoms. The molecule has 7 nitrogen and oxygen atoms in total. The summed E-state index contributed by atoms with van der Waals surface area (Å²) in [6.45, 7) is 0. The van der Waals surface area contributed by atoms with Crippen molar-refractivity contribution in [3.05, 3.63) is 0 Å². The van der Waals surface area contributed by atoms with Crippen LogP contribution in [0.1, 0.15) is 0 Å². The van der Waals surface area contributed by atoms with Crippen LogP contribution in [0.3, 0.4) is 0 Å². The summed E-state index contributed by atoms with van der Waals surface area (Å²) in [7, 11) is -8.34. The van der Waals surface area contributed by atoms with E-state index in [-0.39, 0.29) is 0 Å². The minimum Gasteiger partial charge on any atom is -0.284 e. The molecule has 2 unspecified atom stereocenters. The smallest absolute Gasteiger partial charge is 0.284 e. The predicted octanol–water partition coefficient (Wildman–Crippen LogP) is -1.13. The first-order valence-corrected chi connectivity index (χ1v) is 7.60. The van der Waals surface area contributed by atoms with E-state index in [2.05, 4.69) is 29.6 Å². The van der Waals surface area contributed by atoms with E-state index in [1.54, 1.807) is 0 Å². The van der Waals surface area contributed by atoms with Crippen molar-refractivity contribution in [2.45, 2.75) is 0 Å². The lowest BCUT2D eigenvalue weighted by Gasteiger charge is -1.99. The fraction of sp³-hybridized carbons (Fsp3) is 0. The second-order valence-corrected chi connectivity index (χ2v) is 6.93. The summed E-state index contributed by atoms with van der Waals surface area (Å²) in [6, 6.07) is 0. The van der Waals surface area contributed by atoms with Crippen LogP contribution in [-0.2, 0) is 59.1 Å². The minimum absolute atomic E-state index is 2.92. The molecule has 12 heavy (non-hydrogen) atoms. The summed E-state index contributed by atoms with van der Waals surface area (Å²) in [4.78, 5) is 0. The summed E-state index contributed by atoms with van der Waals surface area (Å²) in [5.41, 5.74) is 0. The van der Waals surface area contributed by atoms with Crippen molar-refractivity contribution in [2.24, 2.45) is 0 Å². The van der Waals surface area contributed by atoms with Gasteiger partial charge in [-0.3, -0.25) is 9.11 Å². The molecule has 0 rings (SSSR count). The molecule has 0 bridgehead atoms. The first-order chi connectivity index (χ1) is 5.10. The maximum atomic E-state index is 10.3. The van der Waals surface area contributed by atoms with E-state index >= 15 is 0 Å². The Morgan fingerprint density at radius 2 is 1.33 bits per heavy atom. The van der Waals surface area contributed by atoms with E-state index < -0.39 is 29.5 Å². The summed E-state index contributed by atoms with van der Waals surface area (Å²) in [6.07, 6.45) is 0. The van der Waals surface area contributed by atoms with E-state index in [0.29, 0.717) is 0 Å². The molecule has 0 fully saturated rings. The van der Waals surface area contributed by atoms with Crippen LogP contribution in [0.4, 0.5) is 0 Å². The van der Waals surface area contributed by atoms with Crippen LogP contribution < -0.4 is 0 Å². The third kappa shape index (κ3) is 8.82. The van der Waals surface area contributed by atoms with E-state index in [1.165, 1.54) is 0 Å². The topological polar surface area (TPSA) is 110 Å². The van der Waals surface area contributed by atoms with Crippen molar-refractivity contribution in [3.8, 4) is 0 Å². The van der Waals surface area contributed by atoms with Crippen LogP contribution in [0.2, 0.25) is 0 Å². The third-order valence-corrected chi connectivity index (χ3v) is 3.55. The summed E-state index contributed by atoms with van der Waals surface area (Å²) in [5.74, 6) is 0. The Kier molecular flexibility index (Phi) is 4.56. The first kappa shape index (κ1) is 12.7. The van der Waals surface area contributed by atoms with Gasteiger partial charge in [0.25, 0.3) is 18.1 Å². The van der Waals surface area contributed by atoms with Crippen LogP contribution in [0.25, 0.3) is 0 Å². The van der Waals surface area contributed by atoms with Gasteiger partial charge in [-0.05, 0) is 0 Å². The molecule has 0 radical (unpaired) electrons. The van der Waals surface area contributed by atoms with Gasteiger partial charge in [0.2, 0.25) is 0 Å². The molecule has 0 heterocycles. The molecule has 0 amide bonds. The number of rotatable bonds is 4. The van der Waals surface area contributed by atoms with Gasteiger partial charge in [-0.15, -0.1) is 7.26 Å². The lowest BCUT2D eigenvalue weighted by atomic mass is 15.8. The number of hydrogen-bond donors (Lipinski definition) is 2. The molecular weight excluding hydrogens is 272 g/mol. The minimum atomic E-state index is -4.17. The Hall–Kier alpha value is 0.730. The predicted molar refractivity (Wildman–Crippen MR) is 46.6 cm³/mol. The van der Waals surface area contributed by atoms with Gasteiger partial charge in [0.05, 0.1) is 0 Å². The molecule has 74 valence electrons. The second kappa shape index (κ2) is 4.30. The molecule has 0 aliphatic carbocycles. The van der Waals surface area contributed by atoms with Crippen LogP contribution in [-0.4, -0.2) is 21.7 Å². The van der Waals surface area contributed by atoms with Crippen molar-refractivity contribution < 1.29 is 29.0 Å². The molecule has 0 saturated carbocycles. The van der Waals surface area contributed by atoms with Crippen molar-refractivity contribution in [1.29, 1.82) is 0 Å². The lowest BCUT2D eigenvalue weighted by molar-refractivity contribution is 0.412. The Morgan fingerprint density at radius 3 is 1.50 bits per heavy atom. The molecule has 2 N–H and O–H groups in total. The maximum absolute atomic E-state index is 10.3. The summed E-state index contributed by atoms with van der Waals surface area (Å²) in [5, 5.41) is 0. The Bertz CT molecular complexity index is 319. The van der Waals surface area contributed by atoms with Crippen LogP contribution in [0.5, 0.6) is 0 Å². The maximum Gasteiger partial charge on any atom is 0.336 e. The number of hydrogen-bond acceptors (Lipinski definition) is 7. The van der Waals surface area contributed by atoms with Crippen molar-refractivity contribution in [1.82, 2.24) is 0 Å². The second-order valence-electron chi connectivity index (χ2n) is 1.20. The van der Waals surface area contributed by atoms with Gasteiger partial charge < -0.3 is 0 Å². The Morgan fingerprint density at radius 1 is 1.08 bits per heavy atom. The fourth-order valence-corrected chi connectivity index (χ4v) is 2.39. The molecule has 0 aromatic rings. The molecule has 0 saturated heterocycles. The van der Waals surface area contributed by atoms with Gasteiger partial charge in [0, 0.05) is 22.4 Å². The zero-order chi connectivity index (χ0) is 9.99. The highest BCUT2D eigenvalue weighted by Gasteiger charge is 2.14. The molecule has 2 atom stereocenters. The summed E-state index contributed by atoms with van der Waals surface area (Å²) < 4.78 is 54.2. The van der Waals surface area contributed by atoms with Crippen LogP contribution in [0.15, 0.2) is 0 Å². The van der Waals surface area contributed by atoms with E-state index in [4.69, 9.17) is 9.11 Å². The Labute approximate surface area is 80.7 Å². The molecule has 0 aliphatic heterocycles. The van der Waals surface area contributed by atoms with Crippen molar-refractivity contribution in [3.63, 3.8) is 0 Å². The standard InChI is InChI=1S/H2O7S5/c1-10(6-11(2,3)8)7-12(4,5)9/h(H,2,3,8)(H,4,5,9). The zero-order valence-electron chi connectivity index (χ0n) is 4.98. The van der Waals surface area contributed by atoms with Gasteiger partial charge in [0.15, 0.2) is 0 Å². The average Bonchev–Trinajstić information content (AvgIpc) is 1.49. The zero-order valence-corrected chi connectivity index (χ0v) is 9.06. The van der Waals surface area contributed by atoms with Gasteiger partial charge in [-0.2, -0.15) is 12.6 Å². The average molecular weight is 274 g/mol. The first-order valence-electron chi connectivity index (χ1n) is 1.87. The molecular formula is H2O7S5. The molecule has 0 aromatic heterocycles. The summed E-state index contributed by atoms with van der Waals surface area (Å²) >= 11 is 4.54. The quantitative estimate of drug-likeness (QED) is 0.657. The van der Waals surface area contributed by atoms with E-state index in [0.717, 1.165) is 0 Å². The van der Waals surface area contributed by atoms with Crippen LogP contribution in [0, 0.1) is 0 Å². The largest absolute Gasteiger partial charge is 0.336 e. The highest BCUT2D eigenvalue weighted by atomic mass is 32.9. The van der Waals surface area contributed by atoms with Crippen molar-refractivity contribution >= 4 is 51.8 Å². The van der Waals surface area contributed by atoms with E-state index in [1.807, 2.05) is 0 Å². The lowest BCUT2D eigenvalue weighted by Crippen LogP contribution is -2.11. The monoisotopic (exact) mass is 274 g/mol. The van der Waals surface area contributed by atoms with Gasteiger partial charge >= 0.3 is 11.4 Å². The molecule has 0 aromatic carbocycles. The third-order valence-electron chi connectivity index (χ3n) is 0.283. The highest BCUT2D eigenvalue weighted by Crippen LogP contribution is 1.99. The van der Waals surface area contributed by atoms with Crippen LogP contribution >= 0.6 is 0 Å². The van der Waals surface area contributed by atoms with E-state index in [9.17, 15) is 12.6 Å². The fourth-order valence-electron chi connectivity index (χ4n) is 0.152. The van der Waals surface area contributed by atoms with Gasteiger partial charge in [-0.1, -0.05) is 0 Å². The molecule has 0 spiro atoms.